The Hall–Kier alpha value is -2.90. The third-order valence-electron chi connectivity index (χ3n) is 8.30. The number of hydrogen-bond acceptors (Lipinski definition) is 6. The lowest BCUT2D eigenvalue weighted by Gasteiger charge is -2.44. The lowest BCUT2D eigenvalue weighted by molar-refractivity contribution is -0.199. The van der Waals surface area contributed by atoms with Gasteiger partial charge in [0, 0.05) is 26.1 Å². The van der Waals surface area contributed by atoms with E-state index >= 15 is 0 Å². The van der Waals surface area contributed by atoms with Gasteiger partial charge in [0.2, 0.25) is 0 Å². The summed E-state index contributed by atoms with van der Waals surface area (Å²) < 4.78 is 22.4. The number of aryl methyl sites for hydroxylation is 1. The molecule has 0 amide bonds. The standard InChI is InChI=1S/C34H48N2O6Si2/c1-23-21-36(30(39)35-29(23)38)34(44(25-17-13-11-14-18-25)26-19-15-12-16-20-26)28(43(9)10)27(41-32(6,7)8)33(42-34,24(2)37)22-40-31(3,4)5/h11-21,27-28,43-44H,22H2,1-10H3,(H,35,38,39)/t27-,28?,33-,34-/m0/s1. The molecule has 8 nitrogen and oxygen atoms in total. The van der Waals surface area contributed by atoms with Crippen LogP contribution < -0.4 is 21.6 Å². The Morgan fingerprint density at radius 1 is 0.932 bits per heavy atom. The third-order valence-corrected chi connectivity index (χ3v) is 14.7. The van der Waals surface area contributed by atoms with Gasteiger partial charge < -0.3 is 14.2 Å². The molecule has 2 aromatic carbocycles. The first-order chi connectivity index (χ1) is 20.4. The Morgan fingerprint density at radius 3 is 1.89 bits per heavy atom. The zero-order chi connectivity index (χ0) is 32.7. The number of nitrogens with one attached hydrogen (secondary N) is 1. The molecule has 1 fully saturated rings. The maximum Gasteiger partial charge on any atom is 0.330 e. The lowest BCUT2D eigenvalue weighted by Crippen LogP contribution is -2.67. The second-order valence-electron chi connectivity index (χ2n) is 14.3. The number of rotatable bonds is 9. The van der Waals surface area contributed by atoms with Crippen molar-refractivity contribution >= 4 is 33.8 Å². The highest BCUT2D eigenvalue weighted by atomic mass is 28.3. The zero-order valence-electron chi connectivity index (χ0n) is 27.8. The average molecular weight is 637 g/mol. The smallest absolute Gasteiger partial charge is 0.330 e. The number of H-pyrrole nitrogens is 1. The number of aromatic nitrogens is 2. The van der Waals surface area contributed by atoms with Crippen LogP contribution in [-0.2, 0) is 24.4 Å². The molecular formula is C34H48N2O6Si2. The van der Waals surface area contributed by atoms with E-state index in [0.29, 0.717) is 5.56 Å². The van der Waals surface area contributed by atoms with Crippen LogP contribution in [0.4, 0.5) is 0 Å². The number of nitrogens with zero attached hydrogens (tertiary/aromatic N) is 1. The summed E-state index contributed by atoms with van der Waals surface area (Å²) >= 11 is 0. The molecule has 0 aliphatic carbocycles. The number of carbonyl (C=O) groups is 1. The lowest BCUT2D eigenvalue weighted by atomic mass is 9.91. The van der Waals surface area contributed by atoms with Gasteiger partial charge in [-0.05, 0) is 55.4 Å². The summed E-state index contributed by atoms with van der Waals surface area (Å²) in [6.45, 7) is 19.3. The first-order valence-corrected chi connectivity index (χ1v) is 20.1. The van der Waals surface area contributed by atoms with Crippen LogP contribution in [0.3, 0.4) is 0 Å². The Balaban J connectivity index is 2.23. The first kappa shape index (κ1) is 34.0. The van der Waals surface area contributed by atoms with E-state index in [0.717, 1.165) is 10.4 Å². The minimum Gasteiger partial charge on any atom is -0.372 e. The topological polar surface area (TPSA) is 99.6 Å². The number of Topliss-reactive ketones (excluding diaryl/α,β-unsaturated/α-hetero) is 1. The molecular weight excluding hydrogens is 589 g/mol. The summed E-state index contributed by atoms with van der Waals surface area (Å²) in [6, 6.07) is 20.2. The molecule has 1 N–H and O–H groups in total. The van der Waals surface area contributed by atoms with Crippen molar-refractivity contribution in [1.82, 2.24) is 9.55 Å². The predicted octanol–water partition coefficient (Wildman–Crippen LogP) is 3.29. The second-order valence-corrected chi connectivity index (χ2v) is 20.5. The summed E-state index contributed by atoms with van der Waals surface area (Å²) in [5.74, 6) is -0.222. The average Bonchev–Trinajstić information content (AvgIpc) is 3.21. The quantitative estimate of drug-likeness (QED) is 0.362. The number of aromatic amines is 1. The van der Waals surface area contributed by atoms with Gasteiger partial charge in [0.25, 0.3) is 5.56 Å². The molecule has 1 saturated heterocycles. The van der Waals surface area contributed by atoms with Crippen molar-refractivity contribution in [2.75, 3.05) is 6.61 Å². The van der Waals surface area contributed by atoms with E-state index in [1.807, 2.05) is 77.9 Å². The maximum absolute atomic E-state index is 14.2. The minimum atomic E-state index is -2.67. The van der Waals surface area contributed by atoms with Crippen LogP contribution in [0.25, 0.3) is 0 Å². The van der Waals surface area contributed by atoms with E-state index in [4.69, 9.17) is 14.2 Å². The van der Waals surface area contributed by atoms with Crippen molar-refractivity contribution in [3.63, 3.8) is 0 Å². The summed E-state index contributed by atoms with van der Waals surface area (Å²) in [5, 5.41) is 0.747. The molecule has 1 aliphatic heterocycles. The van der Waals surface area contributed by atoms with Gasteiger partial charge >= 0.3 is 5.69 Å². The van der Waals surface area contributed by atoms with E-state index in [-0.39, 0.29) is 17.9 Å². The van der Waals surface area contributed by atoms with Crippen LogP contribution in [0.5, 0.6) is 0 Å². The van der Waals surface area contributed by atoms with Gasteiger partial charge in [-0.1, -0.05) is 84.1 Å². The number of hydrogen-bond donors (Lipinski definition) is 1. The van der Waals surface area contributed by atoms with Crippen LogP contribution >= 0.6 is 0 Å². The predicted molar refractivity (Wildman–Crippen MR) is 181 cm³/mol. The molecule has 1 aliphatic rings. The van der Waals surface area contributed by atoms with Gasteiger partial charge in [0.05, 0.1) is 17.8 Å². The summed E-state index contributed by atoms with van der Waals surface area (Å²) in [7, 11) is -4.56. The van der Waals surface area contributed by atoms with E-state index in [2.05, 4.69) is 42.3 Å². The van der Waals surface area contributed by atoms with E-state index in [9.17, 15) is 14.4 Å². The number of ether oxygens (including phenoxy) is 3. The Labute approximate surface area is 264 Å². The largest absolute Gasteiger partial charge is 0.372 e. The van der Waals surface area contributed by atoms with Crippen molar-refractivity contribution in [2.45, 2.75) is 102 Å². The normalized spacial score (nSPS) is 24.3. The molecule has 44 heavy (non-hydrogen) atoms. The fourth-order valence-corrected chi connectivity index (χ4v) is 14.4. The highest BCUT2D eigenvalue weighted by Gasteiger charge is 2.71. The SMILES string of the molecule is CC(=O)[C@]1(COC(C)(C)C)O[C@](n2cc(C)c(=O)[nH]c2=O)([SiH](c2ccccc2)c2ccccc2)C([SiH](C)C)[C@@H]1OC(C)(C)C. The highest BCUT2D eigenvalue weighted by Crippen LogP contribution is 2.55. The third kappa shape index (κ3) is 6.55. The Kier molecular flexibility index (Phi) is 9.64. The molecule has 10 heteroatoms. The van der Waals surface area contributed by atoms with E-state index < -0.39 is 57.1 Å². The monoisotopic (exact) mass is 636 g/mol. The van der Waals surface area contributed by atoms with E-state index in [1.165, 1.54) is 6.92 Å². The van der Waals surface area contributed by atoms with Crippen molar-refractivity contribution in [2.24, 2.45) is 0 Å². The molecule has 1 aromatic heterocycles. The summed E-state index contributed by atoms with van der Waals surface area (Å²) in [5.41, 5.74) is -3.76. The van der Waals surface area contributed by atoms with Crippen molar-refractivity contribution in [3.8, 4) is 0 Å². The second kappa shape index (κ2) is 12.5. The van der Waals surface area contributed by atoms with Gasteiger partial charge in [-0.15, -0.1) is 0 Å². The summed E-state index contributed by atoms with van der Waals surface area (Å²) in [6.07, 6.45) is 0.891. The molecule has 0 bridgehead atoms. The molecule has 0 radical (unpaired) electrons. The molecule has 0 spiro atoms. The summed E-state index contributed by atoms with van der Waals surface area (Å²) in [4.78, 5) is 43.6. The van der Waals surface area contributed by atoms with Crippen LogP contribution in [0.15, 0.2) is 76.4 Å². The van der Waals surface area contributed by atoms with Crippen LogP contribution in [0.1, 0.15) is 54.0 Å². The minimum absolute atomic E-state index is 0.0479. The number of benzene rings is 2. The van der Waals surface area contributed by atoms with Gasteiger partial charge in [-0.3, -0.25) is 19.1 Å². The van der Waals surface area contributed by atoms with Gasteiger partial charge in [-0.2, -0.15) is 0 Å². The Morgan fingerprint density at radius 2 is 1.45 bits per heavy atom. The van der Waals surface area contributed by atoms with E-state index in [1.54, 1.807) is 17.7 Å². The molecule has 0 saturated carbocycles. The molecule has 238 valence electrons. The zero-order valence-corrected chi connectivity index (χ0v) is 30.1. The fraction of sp³-hybridized carbons (Fsp3) is 0.500. The van der Waals surface area contributed by atoms with Crippen molar-refractivity contribution < 1.29 is 19.0 Å². The van der Waals surface area contributed by atoms with Crippen molar-refractivity contribution in [1.29, 1.82) is 0 Å². The number of carbonyl (C=O) groups excluding carboxylic acids is 1. The van der Waals surface area contributed by atoms with Crippen molar-refractivity contribution in [3.05, 3.63) is 93.3 Å². The Bertz CT molecular complexity index is 1540. The highest BCUT2D eigenvalue weighted by molar-refractivity contribution is 6.87. The van der Waals surface area contributed by atoms with Gasteiger partial charge in [0.1, 0.15) is 11.5 Å². The molecule has 4 atom stereocenters. The fourth-order valence-electron chi connectivity index (χ4n) is 6.50. The van der Waals surface area contributed by atoms with Crippen LogP contribution in [0, 0.1) is 6.92 Å². The molecule has 1 unspecified atom stereocenters. The number of ketones is 1. The van der Waals surface area contributed by atoms with Crippen LogP contribution in [-0.4, -0.2) is 62.4 Å². The maximum atomic E-state index is 14.2. The van der Waals surface area contributed by atoms with Crippen LogP contribution in [0.2, 0.25) is 18.6 Å². The molecule has 2 heterocycles. The van der Waals surface area contributed by atoms with Gasteiger partial charge in [0.15, 0.2) is 20.2 Å². The van der Waals surface area contributed by atoms with Gasteiger partial charge in [-0.25, -0.2) is 4.79 Å². The molecule has 4 rings (SSSR count). The molecule has 3 aromatic rings. The first-order valence-electron chi connectivity index (χ1n) is 15.4.